The van der Waals surface area contributed by atoms with Crippen molar-refractivity contribution >= 4 is 27.3 Å². The van der Waals surface area contributed by atoms with Crippen molar-refractivity contribution in [2.45, 2.75) is 26.9 Å². The van der Waals surface area contributed by atoms with Crippen LogP contribution in [-0.2, 0) is 13.1 Å². The first-order valence-electron chi connectivity index (χ1n) is 6.23. The fourth-order valence-electron chi connectivity index (χ4n) is 1.86. The van der Waals surface area contributed by atoms with Crippen LogP contribution >= 0.6 is 27.3 Å². The molecule has 2 aromatic rings. The zero-order chi connectivity index (χ0) is 13.0. The van der Waals surface area contributed by atoms with Crippen molar-refractivity contribution in [2.24, 2.45) is 5.92 Å². The Balaban J connectivity index is 1.95. The quantitative estimate of drug-likeness (QED) is 0.845. The third-order valence-electron chi connectivity index (χ3n) is 2.73. The third kappa shape index (κ3) is 3.97. The third-order valence-corrected chi connectivity index (χ3v) is 4.41. The SMILES string of the molecule is CC(C)CNCc1cccn1Cc1cc(Br)cs1. The van der Waals surface area contributed by atoms with Gasteiger partial charge in [0, 0.05) is 33.2 Å². The molecule has 0 aliphatic carbocycles. The predicted molar refractivity (Wildman–Crippen MR) is 82.1 cm³/mol. The number of aromatic nitrogens is 1. The van der Waals surface area contributed by atoms with Gasteiger partial charge in [-0.05, 0) is 46.6 Å². The van der Waals surface area contributed by atoms with E-state index in [1.165, 1.54) is 15.0 Å². The average Bonchev–Trinajstić information content (AvgIpc) is 2.89. The van der Waals surface area contributed by atoms with E-state index in [0.717, 1.165) is 19.6 Å². The topological polar surface area (TPSA) is 17.0 Å². The van der Waals surface area contributed by atoms with Gasteiger partial charge in [0.05, 0.1) is 6.54 Å². The summed E-state index contributed by atoms with van der Waals surface area (Å²) in [7, 11) is 0. The second-order valence-corrected chi connectivity index (χ2v) is 6.79. The highest BCUT2D eigenvalue weighted by molar-refractivity contribution is 9.10. The maximum absolute atomic E-state index is 3.50. The first kappa shape index (κ1) is 13.8. The van der Waals surface area contributed by atoms with E-state index in [1.54, 1.807) is 11.3 Å². The number of nitrogens with one attached hydrogen (secondary N) is 1. The molecule has 2 rings (SSSR count). The molecule has 2 nitrogen and oxygen atoms in total. The molecular weight excluding hydrogens is 308 g/mol. The molecule has 2 aromatic heterocycles. The van der Waals surface area contributed by atoms with Crippen molar-refractivity contribution in [3.05, 3.63) is 44.8 Å². The molecule has 98 valence electrons. The second kappa shape index (κ2) is 6.55. The van der Waals surface area contributed by atoms with Gasteiger partial charge in [-0.3, -0.25) is 0 Å². The normalized spacial score (nSPS) is 11.3. The first-order valence-corrected chi connectivity index (χ1v) is 7.90. The Morgan fingerprint density at radius 2 is 2.28 bits per heavy atom. The lowest BCUT2D eigenvalue weighted by Gasteiger charge is -2.10. The van der Waals surface area contributed by atoms with Crippen molar-refractivity contribution < 1.29 is 0 Å². The van der Waals surface area contributed by atoms with Crippen molar-refractivity contribution in [3.63, 3.8) is 0 Å². The molecule has 0 radical (unpaired) electrons. The average molecular weight is 327 g/mol. The van der Waals surface area contributed by atoms with E-state index >= 15 is 0 Å². The molecule has 18 heavy (non-hydrogen) atoms. The summed E-state index contributed by atoms with van der Waals surface area (Å²) in [4.78, 5) is 1.38. The zero-order valence-corrected chi connectivity index (χ0v) is 13.2. The van der Waals surface area contributed by atoms with Crippen molar-refractivity contribution in [1.82, 2.24) is 9.88 Å². The number of thiophene rings is 1. The molecule has 0 unspecified atom stereocenters. The summed E-state index contributed by atoms with van der Waals surface area (Å²) < 4.78 is 3.49. The lowest BCUT2D eigenvalue weighted by molar-refractivity contribution is 0.539. The molecule has 4 heteroatoms. The summed E-state index contributed by atoms with van der Waals surface area (Å²) in [6.45, 7) is 7.43. The highest BCUT2D eigenvalue weighted by Crippen LogP contribution is 2.21. The first-order chi connectivity index (χ1) is 8.65. The summed E-state index contributed by atoms with van der Waals surface area (Å²) in [6.07, 6.45) is 2.15. The molecular formula is C14H19BrN2S. The lowest BCUT2D eigenvalue weighted by atomic mass is 10.2. The van der Waals surface area contributed by atoms with Crippen LogP contribution in [0, 0.1) is 5.92 Å². The van der Waals surface area contributed by atoms with Crippen LogP contribution in [0.25, 0.3) is 0 Å². The van der Waals surface area contributed by atoms with Crippen LogP contribution in [0.2, 0.25) is 0 Å². The summed E-state index contributed by atoms with van der Waals surface area (Å²) in [6, 6.07) is 6.50. The molecule has 0 fully saturated rings. The highest BCUT2D eigenvalue weighted by Gasteiger charge is 2.04. The van der Waals surface area contributed by atoms with Gasteiger partial charge in [0.25, 0.3) is 0 Å². The molecule has 2 heterocycles. The van der Waals surface area contributed by atoms with Crippen LogP contribution in [0.3, 0.4) is 0 Å². The van der Waals surface area contributed by atoms with Crippen molar-refractivity contribution in [3.8, 4) is 0 Å². The van der Waals surface area contributed by atoms with E-state index in [4.69, 9.17) is 0 Å². The molecule has 0 aliphatic heterocycles. The Hall–Kier alpha value is -0.580. The maximum atomic E-state index is 3.50. The van der Waals surface area contributed by atoms with Crippen LogP contribution in [0.4, 0.5) is 0 Å². The van der Waals surface area contributed by atoms with E-state index in [9.17, 15) is 0 Å². The van der Waals surface area contributed by atoms with E-state index in [1.807, 2.05) is 0 Å². The molecule has 0 aliphatic rings. The number of nitrogens with zero attached hydrogens (tertiary/aromatic N) is 1. The minimum absolute atomic E-state index is 0.696. The van der Waals surface area contributed by atoms with Gasteiger partial charge in [0.15, 0.2) is 0 Å². The lowest BCUT2D eigenvalue weighted by Crippen LogP contribution is -2.20. The number of hydrogen-bond donors (Lipinski definition) is 1. The Labute approximate surface area is 121 Å². The van der Waals surface area contributed by atoms with Crippen LogP contribution in [0.5, 0.6) is 0 Å². The minimum Gasteiger partial charge on any atom is -0.345 e. The van der Waals surface area contributed by atoms with Crippen LogP contribution in [0.1, 0.15) is 24.4 Å². The van der Waals surface area contributed by atoms with E-state index in [2.05, 4.69) is 69.4 Å². The Morgan fingerprint density at radius 3 is 2.94 bits per heavy atom. The number of rotatable bonds is 6. The summed E-state index contributed by atoms with van der Waals surface area (Å²) in [5.41, 5.74) is 1.35. The smallest absolute Gasteiger partial charge is 0.0567 e. The van der Waals surface area contributed by atoms with Crippen LogP contribution < -0.4 is 5.32 Å². The van der Waals surface area contributed by atoms with E-state index < -0.39 is 0 Å². The van der Waals surface area contributed by atoms with Gasteiger partial charge in [0.1, 0.15) is 0 Å². The fraction of sp³-hybridized carbons (Fsp3) is 0.429. The van der Waals surface area contributed by atoms with E-state index in [-0.39, 0.29) is 0 Å². The second-order valence-electron chi connectivity index (χ2n) is 4.88. The Bertz CT molecular complexity index is 487. The molecule has 0 aromatic carbocycles. The monoisotopic (exact) mass is 326 g/mol. The van der Waals surface area contributed by atoms with Crippen LogP contribution in [-0.4, -0.2) is 11.1 Å². The zero-order valence-electron chi connectivity index (χ0n) is 10.8. The standard InChI is InChI=1S/C14H19BrN2S/c1-11(2)7-16-8-13-4-3-5-17(13)9-14-6-12(15)10-18-14/h3-6,10-11,16H,7-9H2,1-2H3. The van der Waals surface area contributed by atoms with Crippen molar-refractivity contribution in [2.75, 3.05) is 6.54 Å². The van der Waals surface area contributed by atoms with Gasteiger partial charge >= 0.3 is 0 Å². The Morgan fingerprint density at radius 1 is 1.44 bits per heavy atom. The summed E-state index contributed by atoms with van der Waals surface area (Å²) >= 11 is 5.30. The number of halogens is 1. The van der Waals surface area contributed by atoms with Crippen LogP contribution in [0.15, 0.2) is 34.2 Å². The molecule has 0 spiro atoms. The molecule has 0 amide bonds. The number of hydrogen-bond acceptors (Lipinski definition) is 2. The largest absolute Gasteiger partial charge is 0.345 e. The maximum Gasteiger partial charge on any atom is 0.0567 e. The Kier molecular flexibility index (Phi) is 5.03. The van der Waals surface area contributed by atoms with E-state index in [0.29, 0.717) is 5.92 Å². The van der Waals surface area contributed by atoms with Crippen molar-refractivity contribution in [1.29, 1.82) is 0 Å². The van der Waals surface area contributed by atoms with Gasteiger partial charge in [-0.2, -0.15) is 0 Å². The summed E-state index contributed by atoms with van der Waals surface area (Å²) in [5, 5.41) is 5.63. The molecule has 0 bridgehead atoms. The molecule has 0 atom stereocenters. The molecule has 1 N–H and O–H groups in total. The predicted octanol–water partition coefficient (Wildman–Crippen LogP) is 4.11. The van der Waals surface area contributed by atoms with Gasteiger partial charge in [0.2, 0.25) is 0 Å². The minimum atomic E-state index is 0.696. The highest BCUT2D eigenvalue weighted by atomic mass is 79.9. The summed E-state index contributed by atoms with van der Waals surface area (Å²) in [5.74, 6) is 0.696. The van der Waals surface area contributed by atoms with Gasteiger partial charge < -0.3 is 9.88 Å². The fourth-order valence-corrected chi connectivity index (χ4v) is 3.31. The molecule has 0 saturated carbocycles. The van der Waals surface area contributed by atoms with Gasteiger partial charge in [-0.15, -0.1) is 11.3 Å². The molecule has 0 saturated heterocycles. The van der Waals surface area contributed by atoms with Gasteiger partial charge in [-0.25, -0.2) is 0 Å². The van der Waals surface area contributed by atoms with Gasteiger partial charge in [-0.1, -0.05) is 13.8 Å².